The number of carbonyl (C=O) groups is 1. The van der Waals surface area contributed by atoms with E-state index in [0.29, 0.717) is 50.7 Å². The van der Waals surface area contributed by atoms with E-state index in [2.05, 4.69) is 15.6 Å². The maximum Gasteiger partial charge on any atom is 0.403 e. The van der Waals surface area contributed by atoms with Crippen LogP contribution < -0.4 is 10.6 Å². The van der Waals surface area contributed by atoms with Crippen molar-refractivity contribution in [1.29, 1.82) is 0 Å². The fourth-order valence-electron chi connectivity index (χ4n) is 3.19. The molecule has 2 N–H and O–H groups in total. The minimum absolute atomic E-state index is 0.128. The van der Waals surface area contributed by atoms with Gasteiger partial charge in [0.25, 0.3) is 5.91 Å². The van der Waals surface area contributed by atoms with E-state index in [1.54, 1.807) is 20.2 Å². The second kappa shape index (κ2) is 9.77. The number of hydrogen-bond acceptors (Lipinski definition) is 3. The van der Waals surface area contributed by atoms with Gasteiger partial charge in [-0.15, -0.1) is 0 Å². The SMILES string of the molecule is CN=C(NCCc1cccc(C(=O)NC)c1)N1CCN(C(C)C(F)(F)F)CC1. The minimum Gasteiger partial charge on any atom is -0.356 e. The molecule has 0 aromatic heterocycles. The molecule has 6 nitrogen and oxygen atoms in total. The van der Waals surface area contributed by atoms with E-state index in [9.17, 15) is 18.0 Å². The van der Waals surface area contributed by atoms with E-state index in [-0.39, 0.29) is 5.91 Å². The van der Waals surface area contributed by atoms with Crippen LogP contribution in [-0.2, 0) is 6.42 Å². The smallest absolute Gasteiger partial charge is 0.356 e. The van der Waals surface area contributed by atoms with Gasteiger partial charge in [0.05, 0.1) is 0 Å². The number of rotatable bonds is 5. The van der Waals surface area contributed by atoms with E-state index >= 15 is 0 Å². The fraction of sp³-hybridized carbons (Fsp3) is 0.579. The number of hydrogen-bond donors (Lipinski definition) is 2. The zero-order valence-corrected chi connectivity index (χ0v) is 16.5. The molecule has 1 heterocycles. The monoisotopic (exact) mass is 399 g/mol. The van der Waals surface area contributed by atoms with Gasteiger partial charge in [0, 0.05) is 52.4 Å². The van der Waals surface area contributed by atoms with E-state index in [0.717, 1.165) is 5.56 Å². The average Bonchev–Trinajstić information content (AvgIpc) is 2.70. The van der Waals surface area contributed by atoms with Crippen LogP contribution in [0.4, 0.5) is 13.2 Å². The summed E-state index contributed by atoms with van der Waals surface area (Å²) in [7, 11) is 3.26. The molecule has 1 fully saturated rings. The Kier molecular flexibility index (Phi) is 7.68. The molecule has 1 atom stereocenters. The van der Waals surface area contributed by atoms with Gasteiger partial charge in [-0.1, -0.05) is 12.1 Å². The first-order chi connectivity index (χ1) is 13.3. The van der Waals surface area contributed by atoms with Gasteiger partial charge in [0.15, 0.2) is 5.96 Å². The zero-order valence-electron chi connectivity index (χ0n) is 16.5. The molecule has 1 saturated heterocycles. The molecular formula is C19H28F3N5O. The number of piperazine rings is 1. The van der Waals surface area contributed by atoms with Gasteiger partial charge in [-0.25, -0.2) is 0 Å². The molecule has 156 valence electrons. The van der Waals surface area contributed by atoms with Crippen LogP contribution >= 0.6 is 0 Å². The highest BCUT2D eigenvalue weighted by molar-refractivity contribution is 5.94. The molecule has 1 aliphatic rings. The summed E-state index contributed by atoms with van der Waals surface area (Å²) >= 11 is 0. The molecule has 0 saturated carbocycles. The summed E-state index contributed by atoms with van der Waals surface area (Å²) in [5.74, 6) is 0.554. The van der Waals surface area contributed by atoms with E-state index < -0.39 is 12.2 Å². The number of guanidine groups is 1. The summed E-state index contributed by atoms with van der Waals surface area (Å²) in [5, 5.41) is 5.86. The summed E-state index contributed by atoms with van der Waals surface area (Å²) in [4.78, 5) is 19.4. The van der Waals surface area contributed by atoms with Gasteiger partial charge in [0.1, 0.15) is 6.04 Å². The Morgan fingerprint density at radius 3 is 2.50 bits per heavy atom. The molecule has 1 amide bonds. The number of carbonyl (C=O) groups excluding carboxylic acids is 1. The molecule has 0 spiro atoms. The highest BCUT2D eigenvalue weighted by Crippen LogP contribution is 2.25. The summed E-state index contributed by atoms with van der Waals surface area (Å²) in [5.41, 5.74) is 1.63. The summed E-state index contributed by atoms with van der Waals surface area (Å²) in [6, 6.07) is 5.97. The Labute approximate surface area is 163 Å². The summed E-state index contributed by atoms with van der Waals surface area (Å²) in [6.07, 6.45) is -3.50. The second-order valence-corrected chi connectivity index (χ2v) is 6.74. The van der Waals surface area contributed by atoms with E-state index in [1.165, 1.54) is 11.8 Å². The van der Waals surface area contributed by atoms with Crippen molar-refractivity contribution in [1.82, 2.24) is 20.4 Å². The highest BCUT2D eigenvalue weighted by atomic mass is 19.4. The third kappa shape index (κ3) is 5.85. The Bertz CT molecular complexity index is 684. The number of aliphatic imine (C=N–C) groups is 1. The van der Waals surface area contributed by atoms with Crippen LogP contribution in [0, 0.1) is 0 Å². The first-order valence-electron chi connectivity index (χ1n) is 9.33. The van der Waals surface area contributed by atoms with Crippen molar-refractivity contribution in [3.8, 4) is 0 Å². The molecule has 1 aromatic carbocycles. The molecule has 1 unspecified atom stereocenters. The maximum absolute atomic E-state index is 12.9. The predicted molar refractivity (Wildman–Crippen MR) is 104 cm³/mol. The van der Waals surface area contributed by atoms with Crippen LogP contribution in [0.1, 0.15) is 22.8 Å². The Morgan fingerprint density at radius 2 is 1.93 bits per heavy atom. The lowest BCUT2D eigenvalue weighted by Crippen LogP contribution is -2.56. The van der Waals surface area contributed by atoms with Crippen molar-refractivity contribution < 1.29 is 18.0 Å². The molecule has 1 aromatic rings. The van der Waals surface area contributed by atoms with E-state index in [1.807, 2.05) is 23.1 Å². The number of nitrogens with zero attached hydrogens (tertiary/aromatic N) is 3. The topological polar surface area (TPSA) is 60.0 Å². The molecule has 9 heteroatoms. The van der Waals surface area contributed by atoms with Crippen molar-refractivity contribution in [2.75, 3.05) is 46.8 Å². The van der Waals surface area contributed by atoms with Crippen molar-refractivity contribution in [3.63, 3.8) is 0 Å². The largest absolute Gasteiger partial charge is 0.403 e. The van der Waals surface area contributed by atoms with Gasteiger partial charge < -0.3 is 15.5 Å². The molecule has 0 aliphatic carbocycles. The minimum atomic E-state index is -4.20. The predicted octanol–water partition coefficient (Wildman–Crippen LogP) is 1.73. The van der Waals surface area contributed by atoms with Crippen LogP contribution in [0.2, 0.25) is 0 Å². The van der Waals surface area contributed by atoms with Gasteiger partial charge in [0.2, 0.25) is 0 Å². The van der Waals surface area contributed by atoms with Crippen LogP contribution in [0.25, 0.3) is 0 Å². The Balaban J connectivity index is 1.83. The van der Waals surface area contributed by atoms with Crippen molar-refractivity contribution >= 4 is 11.9 Å². The molecule has 28 heavy (non-hydrogen) atoms. The van der Waals surface area contributed by atoms with Gasteiger partial charge in [-0.2, -0.15) is 13.2 Å². The standard InChI is InChI=1S/C19H28F3N5O/c1-14(19(20,21)22)26-9-11-27(12-10-26)18(24-3)25-8-7-15-5-4-6-16(13-15)17(28)23-2/h4-6,13-14H,7-12H2,1-3H3,(H,23,28)(H,24,25). The number of halogens is 3. The molecule has 0 radical (unpaired) electrons. The normalized spacial score (nSPS) is 17.4. The quantitative estimate of drug-likeness (QED) is 0.585. The number of nitrogens with one attached hydrogen (secondary N) is 2. The van der Waals surface area contributed by atoms with E-state index in [4.69, 9.17) is 0 Å². The lowest BCUT2D eigenvalue weighted by atomic mass is 10.1. The average molecular weight is 399 g/mol. The summed E-state index contributed by atoms with van der Waals surface area (Å²) < 4.78 is 38.6. The Hall–Kier alpha value is -2.29. The molecule has 2 rings (SSSR count). The molecule has 0 bridgehead atoms. The first-order valence-corrected chi connectivity index (χ1v) is 9.33. The number of amides is 1. The van der Waals surface area contributed by atoms with Crippen LogP contribution in [-0.4, -0.2) is 80.7 Å². The van der Waals surface area contributed by atoms with Gasteiger partial charge >= 0.3 is 6.18 Å². The fourth-order valence-corrected chi connectivity index (χ4v) is 3.19. The second-order valence-electron chi connectivity index (χ2n) is 6.74. The lowest BCUT2D eigenvalue weighted by Gasteiger charge is -2.39. The van der Waals surface area contributed by atoms with Crippen molar-refractivity contribution in [2.45, 2.75) is 25.6 Å². The third-order valence-corrected chi connectivity index (χ3v) is 4.96. The summed E-state index contributed by atoms with van der Waals surface area (Å²) in [6.45, 7) is 3.49. The van der Waals surface area contributed by atoms with Crippen molar-refractivity contribution in [3.05, 3.63) is 35.4 Å². The van der Waals surface area contributed by atoms with Crippen LogP contribution in [0.5, 0.6) is 0 Å². The molecule has 1 aliphatic heterocycles. The van der Waals surface area contributed by atoms with Crippen LogP contribution in [0.3, 0.4) is 0 Å². The van der Waals surface area contributed by atoms with Crippen molar-refractivity contribution in [2.24, 2.45) is 4.99 Å². The van der Waals surface area contributed by atoms with Crippen LogP contribution in [0.15, 0.2) is 29.3 Å². The zero-order chi connectivity index (χ0) is 20.7. The molecular weight excluding hydrogens is 371 g/mol. The Morgan fingerprint density at radius 1 is 1.25 bits per heavy atom. The first kappa shape index (κ1) is 22.0. The number of benzene rings is 1. The maximum atomic E-state index is 12.9. The van der Waals surface area contributed by atoms with Gasteiger partial charge in [-0.3, -0.25) is 14.7 Å². The highest BCUT2D eigenvalue weighted by Gasteiger charge is 2.41. The number of alkyl halides is 3. The third-order valence-electron chi connectivity index (χ3n) is 4.96. The lowest BCUT2D eigenvalue weighted by molar-refractivity contribution is -0.181. The van der Waals surface area contributed by atoms with Gasteiger partial charge in [-0.05, 0) is 31.0 Å².